The Morgan fingerprint density at radius 1 is 1.15 bits per heavy atom. The van der Waals surface area contributed by atoms with Crippen LogP contribution in [0.15, 0.2) is 12.2 Å². The number of carbonyl (C=O) groups excluding carboxylic acids is 4. The number of hydrogen-bond donors (Lipinski definition) is 1. The van der Waals surface area contributed by atoms with Crippen molar-refractivity contribution in [2.75, 3.05) is 13.1 Å². The number of hydrogen-bond acceptors (Lipinski definition) is 6. The normalized spacial score (nSPS) is 23.3. The van der Waals surface area contributed by atoms with Gasteiger partial charge in [-0.1, -0.05) is 0 Å². The Morgan fingerprint density at radius 3 is 2.15 bits per heavy atom. The molecule has 1 fully saturated rings. The predicted molar refractivity (Wildman–Crippen MR) is 79.7 cm³/mol. The minimum atomic E-state index is -5.23. The van der Waals surface area contributed by atoms with Gasteiger partial charge in [-0.2, -0.15) is 18.2 Å². The lowest BCUT2D eigenvalue weighted by molar-refractivity contribution is -0.238. The van der Waals surface area contributed by atoms with Gasteiger partial charge in [0.1, 0.15) is 0 Å². The van der Waals surface area contributed by atoms with Crippen molar-refractivity contribution >= 4 is 23.7 Å². The first-order valence-corrected chi connectivity index (χ1v) is 8.01. The Morgan fingerprint density at radius 2 is 1.69 bits per heavy atom. The zero-order chi connectivity index (χ0) is 19.5. The van der Waals surface area contributed by atoms with Crippen molar-refractivity contribution in [1.82, 2.24) is 9.96 Å². The Kier molecular flexibility index (Phi) is 6.01. The maximum absolute atomic E-state index is 12.4. The Balaban J connectivity index is 1.95. The predicted octanol–water partition coefficient (Wildman–Crippen LogP) is 0.278. The van der Waals surface area contributed by atoms with Crippen LogP contribution in [0, 0.1) is 5.92 Å². The summed E-state index contributed by atoms with van der Waals surface area (Å²) in [6.45, 7) is -0.553. The molecular formula is C15H18F3N3O5. The monoisotopic (exact) mass is 377 g/mol. The molecule has 1 heterocycles. The molecule has 0 radical (unpaired) electrons. The van der Waals surface area contributed by atoms with E-state index in [9.17, 15) is 32.3 Å². The molecule has 2 aliphatic rings. The molecule has 0 unspecified atom stereocenters. The molecule has 0 aromatic heterocycles. The molecule has 0 saturated heterocycles. The van der Waals surface area contributed by atoms with Crippen molar-refractivity contribution in [3.8, 4) is 0 Å². The summed E-state index contributed by atoms with van der Waals surface area (Å²) in [7, 11) is 0. The SMILES string of the molecule is NCCN(OC(=O)C(F)(F)F)C(=O)C1CCC(N2C(=O)C=CC2=O)CC1. The lowest BCUT2D eigenvalue weighted by Gasteiger charge is -2.34. The van der Waals surface area contributed by atoms with Gasteiger partial charge < -0.3 is 10.6 Å². The van der Waals surface area contributed by atoms with Crippen LogP contribution in [0.4, 0.5) is 13.2 Å². The maximum atomic E-state index is 12.4. The van der Waals surface area contributed by atoms with Crippen molar-refractivity contribution in [1.29, 1.82) is 0 Å². The van der Waals surface area contributed by atoms with Crippen LogP contribution < -0.4 is 5.73 Å². The summed E-state index contributed by atoms with van der Waals surface area (Å²) in [6, 6.07) is -0.366. The number of hydroxylamine groups is 2. The third-order valence-electron chi connectivity index (χ3n) is 4.26. The lowest BCUT2D eigenvalue weighted by atomic mass is 9.84. The second-order valence-corrected chi connectivity index (χ2v) is 5.99. The molecular weight excluding hydrogens is 359 g/mol. The van der Waals surface area contributed by atoms with E-state index in [0.29, 0.717) is 17.9 Å². The molecule has 11 heteroatoms. The van der Waals surface area contributed by atoms with E-state index in [2.05, 4.69) is 4.84 Å². The number of halogens is 3. The minimum Gasteiger partial charge on any atom is -0.330 e. The molecule has 0 aromatic rings. The summed E-state index contributed by atoms with van der Waals surface area (Å²) in [5, 5.41) is 0.342. The van der Waals surface area contributed by atoms with Crippen LogP contribution in [0.3, 0.4) is 0 Å². The fraction of sp³-hybridized carbons (Fsp3) is 0.600. The average molecular weight is 377 g/mol. The van der Waals surface area contributed by atoms with Crippen LogP contribution in [0.25, 0.3) is 0 Å². The molecule has 0 spiro atoms. The topological polar surface area (TPSA) is 110 Å². The smallest absolute Gasteiger partial charge is 0.330 e. The molecule has 8 nitrogen and oxygen atoms in total. The van der Waals surface area contributed by atoms with E-state index < -0.39 is 35.8 Å². The Labute approximate surface area is 146 Å². The molecule has 1 saturated carbocycles. The van der Waals surface area contributed by atoms with Gasteiger partial charge >= 0.3 is 12.1 Å². The van der Waals surface area contributed by atoms with Crippen LogP contribution >= 0.6 is 0 Å². The van der Waals surface area contributed by atoms with Gasteiger partial charge in [0.05, 0.1) is 6.54 Å². The fourth-order valence-electron chi connectivity index (χ4n) is 3.03. The van der Waals surface area contributed by atoms with E-state index in [0.717, 1.165) is 4.90 Å². The van der Waals surface area contributed by atoms with Gasteiger partial charge in [-0.3, -0.25) is 19.3 Å². The molecule has 1 aliphatic heterocycles. The number of alkyl halides is 3. The van der Waals surface area contributed by atoms with Gasteiger partial charge in [-0.15, -0.1) is 0 Å². The third kappa shape index (κ3) is 4.40. The maximum Gasteiger partial charge on any atom is 0.493 e. The standard InChI is InChI=1S/C15H18F3N3O5/c16-15(17,18)14(25)26-20(8-7-19)13(24)9-1-3-10(4-2-9)21-11(22)5-6-12(21)23/h5-6,9-10H,1-4,7-8,19H2. The van der Waals surface area contributed by atoms with Crippen molar-refractivity contribution in [2.45, 2.75) is 37.9 Å². The molecule has 0 aromatic carbocycles. The molecule has 2 N–H and O–H groups in total. The van der Waals surface area contributed by atoms with E-state index in [-0.39, 0.29) is 32.0 Å². The van der Waals surface area contributed by atoms with Crippen molar-refractivity contribution < 1.29 is 37.2 Å². The quantitative estimate of drug-likeness (QED) is 0.557. The lowest BCUT2D eigenvalue weighted by Crippen LogP contribution is -2.47. The molecule has 0 bridgehead atoms. The molecule has 0 atom stereocenters. The van der Waals surface area contributed by atoms with E-state index in [4.69, 9.17) is 5.73 Å². The second kappa shape index (κ2) is 7.85. The van der Waals surface area contributed by atoms with Gasteiger partial charge in [0.15, 0.2) is 0 Å². The van der Waals surface area contributed by atoms with Crippen LogP contribution in [-0.2, 0) is 24.0 Å². The van der Waals surface area contributed by atoms with E-state index >= 15 is 0 Å². The largest absolute Gasteiger partial charge is 0.493 e. The minimum absolute atomic E-state index is 0.186. The fourth-order valence-corrected chi connectivity index (χ4v) is 3.03. The molecule has 2 rings (SSSR count). The summed E-state index contributed by atoms with van der Waals surface area (Å²) in [5.41, 5.74) is 5.26. The third-order valence-corrected chi connectivity index (χ3v) is 4.26. The highest BCUT2D eigenvalue weighted by molar-refractivity contribution is 6.13. The zero-order valence-corrected chi connectivity index (χ0v) is 13.7. The number of nitrogens with two attached hydrogens (primary N) is 1. The highest BCUT2D eigenvalue weighted by Crippen LogP contribution is 2.31. The van der Waals surface area contributed by atoms with Crippen LogP contribution in [-0.4, -0.2) is 59.0 Å². The van der Waals surface area contributed by atoms with Crippen molar-refractivity contribution in [3.05, 3.63) is 12.2 Å². The molecule has 3 amide bonds. The first-order chi connectivity index (χ1) is 12.1. The van der Waals surface area contributed by atoms with Gasteiger partial charge in [-0.05, 0) is 25.7 Å². The molecule has 144 valence electrons. The highest BCUT2D eigenvalue weighted by Gasteiger charge is 2.44. The van der Waals surface area contributed by atoms with Crippen molar-refractivity contribution in [3.63, 3.8) is 0 Å². The average Bonchev–Trinajstić information content (AvgIpc) is 2.91. The van der Waals surface area contributed by atoms with Gasteiger partial charge in [-0.25, -0.2) is 4.79 Å². The second-order valence-electron chi connectivity index (χ2n) is 5.99. The first kappa shape index (κ1) is 19.9. The van der Waals surface area contributed by atoms with Crippen LogP contribution in [0.2, 0.25) is 0 Å². The molecule has 1 aliphatic carbocycles. The summed E-state index contributed by atoms with van der Waals surface area (Å²) in [6.07, 6.45) is -1.75. The van der Waals surface area contributed by atoms with Crippen molar-refractivity contribution in [2.24, 2.45) is 11.7 Å². The Bertz CT molecular complexity index is 609. The van der Waals surface area contributed by atoms with E-state index in [1.54, 1.807) is 0 Å². The summed E-state index contributed by atoms with van der Waals surface area (Å²) < 4.78 is 37.0. The first-order valence-electron chi connectivity index (χ1n) is 8.01. The van der Waals surface area contributed by atoms with Gasteiger partial charge in [0, 0.05) is 30.7 Å². The van der Waals surface area contributed by atoms with Crippen LogP contribution in [0.5, 0.6) is 0 Å². The number of nitrogens with zero attached hydrogens (tertiary/aromatic N) is 2. The zero-order valence-electron chi connectivity index (χ0n) is 13.7. The molecule has 26 heavy (non-hydrogen) atoms. The summed E-state index contributed by atoms with van der Waals surface area (Å²) >= 11 is 0. The number of carbonyl (C=O) groups is 4. The summed E-state index contributed by atoms with van der Waals surface area (Å²) in [5.74, 6) is -4.79. The van der Waals surface area contributed by atoms with E-state index in [1.807, 2.05) is 0 Å². The number of rotatable bonds is 4. The summed E-state index contributed by atoms with van der Waals surface area (Å²) in [4.78, 5) is 51.9. The van der Waals surface area contributed by atoms with Gasteiger partial charge in [0.25, 0.3) is 17.7 Å². The van der Waals surface area contributed by atoms with Crippen LogP contribution in [0.1, 0.15) is 25.7 Å². The Hall–Kier alpha value is -2.43. The highest BCUT2D eigenvalue weighted by atomic mass is 19.4. The van der Waals surface area contributed by atoms with Gasteiger partial charge in [0.2, 0.25) is 0 Å². The number of amides is 3. The van der Waals surface area contributed by atoms with E-state index in [1.165, 1.54) is 12.2 Å². The number of imide groups is 1.